The highest BCUT2D eigenvalue weighted by Crippen LogP contribution is 2.41. The number of thioether (sulfide) groups is 1. The third-order valence-electron chi connectivity index (χ3n) is 3.35. The van der Waals surface area contributed by atoms with Gasteiger partial charge >= 0.3 is 0 Å². The van der Waals surface area contributed by atoms with E-state index in [1.54, 1.807) is 0 Å². The summed E-state index contributed by atoms with van der Waals surface area (Å²) < 4.78 is 0. The van der Waals surface area contributed by atoms with Crippen molar-refractivity contribution in [3.8, 4) is 0 Å². The lowest BCUT2D eigenvalue weighted by Gasteiger charge is -2.14. The van der Waals surface area contributed by atoms with Crippen LogP contribution in [0.4, 0.5) is 0 Å². The first-order valence-electron chi connectivity index (χ1n) is 5.76. The summed E-state index contributed by atoms with van der Waals surface area (Å²) in [5, 5.41) is 0.828. The van der Waals surface area contributed by atoms with Crippen LogP contribution in [0, 0.1) is 0 Å². The molecule has 2 aromatic carbocycles. The predicted molar refractivity (Wildman–Crippen MR) is 75.0 cm³/mol. The molecule has 0 fully saturated rings. The van der Waals surface area contributed by atoms with Gasteiger partial charge in [-0.15, -0.1) is 11.8 Å². The van der Waals surface area contributed by atoms with Crippen LogP contribution in [0.3, 0.4) is 0 Å². The van der Waals surface area contributed by atoms with Crippen molar-refractivity contribution in [3.63, 3.8) is 0 Å². The lowest BCUT2D eigenvalue weighted by atomic mass is 9.90. The van der Waals surface area contributed by atoms with E-state index < -0.39 is 0 Å². The van der Waals surface area contributed by atoms with Gasteiger partial charge in [-0.25, -0.2) is 0 Å². The van der Waals surface area contributed by atoms with E-state index in [9.17, 15) is 0 Å². The second-order valence-corrected chi connectivity index (χ2v) is 5.84. The van der Waals surface area contributed by atoms with Crippen LogP contribution >= 0.6 is 23.4 Å². The Morgan fingerprint density at radius 2 is 1.94 bits per heavy atom. The van der Waals surface area contributed by atoms with Crippen molar-refractivity contribution in [2.75, 3.05) is 0 Å². The van der Waals surface area contributed by atoms with Gasteiger partial charge < -0.3 is 0 Å². The molecule has 2 heteroatoms. The molecule has 1 aliphatic heterocycles. The van der Waals surface area contributed by atoms with Gasteiger partial charge in [-0.2, -0.15) is 0 Å². The number of halogens is 1. The summed E-state index contributed by atoms with van der Waals surface area (Å²) >= 11 is 7.96. The summed E-state index contributed by atoms with van der Waals surface area (Å²) in [6.45, 7) is 2.28. The Morgan fingerprint density at radius 1 is 1.12 bits per heavy atom. The first-order valence-corrected chi connectivity index (χ1v) is 7.12. The van der Waals surface area contributed by atoms with Crippen molar-refractivity contribution in [3.05, 3.63) is 64.2 Å². The first kappa shape index (κ1) is 11.2. The minimum Gasteiger partial charge on any atom is -0.121 e. The minimum absolute atomic E-state index is 0.452. The number of fused-ring (bicyclic) bond motifs is 2. The maximum absolute atomic E-state index is 6.08. The molecule has 0 saturated heterocycles. The molecule has 2 aromatic rings. The molecule has 1 atom stereocenters. The topological polar surface area (TPSA) is 0 Å². The fourth-order valence-electron chi connectivity index (χ4n) is 2.40. The molecule has 1 aliphatic rings. The van der Waals surface area contributed by atoms with E-state index >= 15 is 0 Å². The molecular formula is C15H13ClS. The quantitative estimate of drug-likeness (QED) is 0.635. The second-order valence-electron chi connectivity index (χ2n) is 4.39. The van der Waals surface area contributed by atoms with Crippen molar-refractivity contribution in [1.29, 1.82) is 0 Å². The van der Waals surface area contributed by atoms with Crippen molar-refractivity contribution < 1.29 is 0 Å². The van der Waals surface area contributed by atoms with Gasteiger partial charge in [-0.1, -0.05) is 48.9 Å². The molecule has 0 nitrogen and oxygen atoms in total. The van der Waals surface area contributed by atoms with E-state index in [1.165, 1.54) is 21.6 Å². The van der Waals surface area contributed by atoms with Gasteiger partial charge in [0.1, 0.15) is 0 Å². The van der Waals surface area contributed by atoms with Crippen LogP contribution < -0.4 is 0 Å². The first-order chi connectivity index (χ1) is 8.25. The minimum atomic E-state index is 0.452. The number of hydrogen-bond acceptors (Lipinski definition) is 1. The normalized spacial score (nSPS) is 18.1. The molecule has 1 unspecified atom stereocenters. The molecule has 1 heterocycles. The summed E-state index contributed by atoms with van der Waals surface area (Å²) in [6, 6.07) is 15.0. The molecule has 86 valence electrons. The molecule has 0 aromatic heterocycles. The molecule has 0 amide bonds. The van der Waals surface area contributed by atoms with E-state index in [0.717, 1.165) is 10.8 Å². The molecule has 0 aliphatic carbocycles. The van der Waals surface area contributed by atoms with Crippen molar-refractivity contribution in [1.82, 2.24) is 0 Å². The fraction of sp³-hybridized carbons (Fsp3) is 0.200. The number of hydrogen-bond donors (Lipinski definition) is 0. The number of rotatable bonds is 0. The maximum atomic E-state index is 6.08. The summed E-state index contributed by atoms with van der Waals surface area (Å²) in [5.41, 5.74) is 4.28. The van der Waals surface area contributed by atoms with E-state index in [4.69, 9.17) is 11.6 Å². The van der Waals surface area contributed by atoms with Gasteiger partial charge in [-0.05, 0) is 28.8 Å². The van der Waals surface area contributed by atoms with E-state index in [1.807, 2.05) is 17.8 Å². The zero-order valence-corrected chi connectivity index (χ0v) is 11.2. The van der Waals surface area contributed by atoms with Crippen LogP contribution in [0.2, 0.25) is 5.02 Å². The zero-order valence-electron chi connectivity index (χ0n) is 9.61. The van der Waals surface area contributed by atoms with Gasteiger partial charge in [-0.3, -0.25) is 0 Å². The summed E-state index contributed by atoms with van der Waals surface area (Å²) in [6.07, 6.45) is 0. The Balaban J connectivity index is 2.16. The van der Waals surface area contributed by atoms with E-state index in [2.05, 4.69) is 43.3 Å². The third kappa shape index (κ3) is 1.98. The van der Waals surface area contributed by atoms with E-state index in [-0.39, 0.29) is 0 Å². The Kier molecular flexibility index (Phi) is 2.89. The Bertz CT molecular complexity index is 563. The van der Waals surface area contributed by atoms with Crippen molar-refractivity contribution >= 4 is 23.4 Å². The van der Waals surface area contributed by atoms with Crippen LogP contribution in [-0.2, 0) is 5.75 Å². The van der Waals surface area contributed by atoms with Gasteiger partial charge in [0, 0.05) is 21.6 Å². The molecule has 17 heavy (non-hydrogen) atoms. The smallest absolute Gasteiger partial charge is 0.0417 e. The molecule has 3 rings (SSSR count). The Morgan fingerprint density at radius 3 is 2.82 bits per heavy atom. The van der Waals surface area contributed by atoms with Crippen molar-refractivity contribution in [2.45, 2.75) is 23.5 Å². The molecule has 0 bridgehead atoms. The molecule has 0 saturated carbocycles. The predicted octanol–water partition coefficient (Wildman–Crippen LogP) is 5.10. The second kappa shape index (κ2) is 4.40. The maximum Gasteiger partial charge on any atom is 0.0417 e. The SMILES string of the molecule is CC1c2ccccc2CSc2cc(Cl)ccc21. The zero-order chi connectivity index (χ0) is 11.8. The number of benzene rings is 2. The van der Waals surface area contributed by atoms with Gasteiger partial charge in [0.25, 0.3) is 0 Å². The molecule has 0 spiro atoms. The van der Waals surface area contributed by atoms with Crippen LogP contribution in [0.1, 0.15) is 29.5 Å². The van der Waals surface area contributed by atoms with Crippen LogP contribution in [0.15, 0.2) is 47.4 Å². The Labute approximate surface area is 111 Å². The van der Waals surface area contributed by atoms with E-state index in [0.29, 0.717) is 5.92 Å². The molecule has 0 N–H and O–H groups in total. The highest BCUT2D eigenvalue weighted by Gasteiger charge is 2.20. The summed E-state index contributed by atoms with van der Waals surface area (Å²) in [7, 11) is 0. The average molecular weight is 261 g/mol. The highest BCUT2D eigenvalue weighted by atomic mass is 35.5. The largest absolute Gasteiger partial charge is 0.121 e. The molecule has 0 radical (unpaired) electrons. The van der Waals surface area contributed by atoms with Crippen LogP contribution in [0.5, 0.6) is 0 Å². The molecular weight excluding hydrogens is 248 g/mol. The monoisotopic (exact) mass is 260 g/mol. The summed E-state index contributed by atoms with van der Waals surface area (Å²) in [4.78, 5) is 1.32. The van der Waals surface area contributed by atoms with Crippen LogP contribution in [-0.4, -0.2) is 0 Å². The lowest BCUT2D eigenvalue weighted by Crippen LogP contribution is -1.98. The van der Waals surface area contributed by atoms with Crippen LogP contribution in [0.25, 0.3) is 0 Å². The summed E-state index contributed by atoms with van der Waals surface area (Å²) in [5.74, 6) is 1.49. The Hall–Kier alpha value is -0.920. The van der Waals surface area contributed by atoms with Gasteiger partial charge in [0.05, 0.1) is 0 Å². The van der Waals surface area contributed by atoms with Crippen molar-refractivity contribution in [2.24, 2.45) is 0 Å². The van der Waals surface area contributed by atoms with Gasteiger partial charge in [0.15, 0.2) is 0 Å². The van der Waals surface area contributed by atoms with Gasteiger partial charge in [0.2, 0.25) is 0 Å². The average Bonchev–Trinajstić information content (AvgIpc) is 2.48. The highest BCUT2D eigenvalue weighted by molar-refractivity contribution is 7.98. The third-order valence-corrected chi connectivity index (χ3v) is 4.70. The lowest BCUT2D eigenvalue weighted by molar-refractivity contribution is 0.890. The fourth-order valence-corrected chi connectivity index (χ4v) is 3.83. The standard InChI is InChI=1S/C15H13ClS/c1-10-13-5-3-2-4-11(13)9-17-15-8-12(16)6-7-14(10)15/h2-8,10H,9H2,1H3.